The van der Waals surface area contributed by atoms with Crippen molar-refractivity contribution in [3.05, 3.63) is 12.2 Å². The summed E-state index contributed by atoms with van der Waals surface area (Å²) in [7, 11) is 0. The fourth-order valence-corrected chi connectivity index (χ4v) is 3.13. The Morgan fingerprint density at radius 3 is 2.42 bits per heavy atom. The maximum atomic E-state index is 11.4. The second kappa shape index (κ2) is 2.21. The third-order valence-electron chi connectivity index (χ3n) is 3.74. The first kappa shape index (κ1) is 8.03. The Labute approximate surface area is 73.8 Å². The highest BCUT2D eigenvalue weighted by Gasteiger charge is 2.51. The Kier molecular flexibility index (Phi) is 1.48. The van der Waals surface area contributed by atoms with Crippen LogP contribution in [0.1, 0.15) is 27.2 Å². The zero-order valence-electron chi connectivity index (χ0n) is 8.00. The van der Waals surface area contributed by atoms with Crippen LogP contribution in [0, 0.1) is 23.2 Å². The minimum atomic E-state index is 0.214. The van der Waals surface area contributed by atoms with E-state index in [-0.39, 0.29) is 11.3 Å². The summed E-state index contributed by atoms with van der Waals surface area (Å²) in [5.41, 5.74) is 0.214. The monoisotopic (exact) mass is 164 g/mol. The molecule has 3 atom stereocenters. The third-order valence-corrected chi connectivity index (χ3v) is 3.74. The van der Waals surface area contributed by atoms with E-state index in [9.17, 15) is 4.79 Å². The molecule has 2 rings (SSSR count). The molecular formula is C11H16O. The molecule has 0 heterocycles. The van der Waals surface area contributed by atoms with E-state index in [1.54, 1.807) is 6.92 Å². The van der Waals surface area contributed by atoms with Crippen molar-refractivity contribution in [2.45, 2.75) is 27.2 Å². The standard InChI is InChI=1S/C11H16O/c1-7(12)10-8-4-5-9(6-8)11(10,2)3/h4-5,8-10H,6H2,1-3H3/t8-,9-,10+/m0/s1. The number of Topliss-reactive ketones (excluding diaryl/α,β-unsaturated/α-hetero) is 1. The van der Waals surface area contributed by atoms with Gasteiger partial charge in [0.1, 0.15) is 5.78 Å². The predicted molar refractivity (Wildman–Crippen MR) is 48.7 cm³/mol. The molecule has 0 N–H and O–H groups in total. The molecule has 0 aromatic heterocycles. The van der Waals surface area contributed by atoms with Gasteiger partial charge in [0.25, 0.3) is 0 Å². The van der Waals surface area contributed by atoms with Gasteiger partial charge in [0.15, 0.2) is 0 Å². The van der Waals surface area contributed by atoms with Gasteiger partial charge in [-0.05, 0) is 30.6 Å². The summed E-state index contributed by atoms with van der Waals surface area (Å²) in [4.78, 5) is 11.4. The average Bonchev–Trinajstić information content (AvgIpc) is 2.41. The molecule has 2 bridgehead atoms. The minimum Gasteiger partial charge on any atom is -0.300 e. The lowest BCUT2D eigenvalue weighted by Crippen LogP contribution is -2.33. The maximum Gasteiger partial charge on any atom is 0.134 e. The highest BCUT2D eigenvalue weighted by molar-refractivity contribution is 5.80. The predicted octanol–water partition coefficient (Wildman–Crippen LogP) is 2.42. The Hall–Kier alpha value is -0.590. The molecule has 2 aliphatic rings. The van der Waals surface area contributed by atoms with E-state index < -0.39 is 0 Å². The minimum absolute atomic E-state index is 0.214. The van der Waals surface area contributed by atoms with Crippen molar-refractivity contribution in [2.75, 3.05) is 0 Å². The molecule has 1 heteroatoms. The van der Waals surface area contributed by atoms with Crippen molar-refractivity contribution in [3.63, 3.8) is 0 Å². The van der Waals surface area contributed by atoms with Crippen molar-refractivity contribution < 1.29 is 4.79 Å². The van der Waals surface area contributed by atoms with E-state index in [4.69, 9.17) is 0 Å². The summed E-state index contributed by atoms with van der Waals surface area (Å²) in [6.07, 6.45) is 5.74. The number of carbonyl (C=O) groups is 1. The normalized spacial score (nSPS) is 42.1. The van der Waals surface area contributed by atoms with Gasteiger partial charge in [0, 0.05) is 5.92 Å². The van der Waals surface area contributed by atoms with Crippen LogP contribution in [-0.2, 0) is 4.79 Å². The highest BCUT2D eigenvalue weighted by Crippen LogP contribution is 2.55. The van der Waals surface area contributed by atoms with Crippen molar-refractivity contribution in [3.8, 4) is 0 Å². The summed E-state index contributed by atoms with van der Waals surface area (Å²) < 4.78 is 0. The van der Waals surface area contributed by atoms with E-state index >= 15 is 0 Å². The van der Waals surface area contributed by atoms with E-state index in [2.05, 4.69) is 26.0 Å². The molecule has 0 aliphatic heterocycles. The Bertz CT molecular complexity index is 250. The fraction of sp³-hybridized carbons (Fsp3) is 0.727. The summed E-state index contributed by atoms with van der Waals surface area (Å²) in [5.74, 6) is 1.85. The van der Waals surface area contributed by atoms with Crippen LogP contribution in [0.5, 0.6) is 0 Å². The number of hydrogen-bond donors (Lipinski definition) is 0. The Balaban J connectivity index is 2.36. The molecule has 1 fully saturated rings. The van der Waals surface area contributed by atoms with Crippen molar-refractivity contribution in [1.29, 1.82) is 0 Å². The first-order chi connectivity index (χ1) is 5.53. The van der Waals surface area contributed by atoms with Gasteiger partial charge < -0.3 is 0 Å². The zero-order chi connectivity index (χ0) is 8.93. The molecule has 0 aromatic carbocycles. The molecule has 1 saturated carbocycles. The van der Waals surface area contributed by atoms with E-state index in [0.717, 1.165) is 0 Å². The Morgan fingerprint density at radius 2 is 2.08 bits per heavy atom. The van der Waals surface area contributed by atoms with Gasteiger partial charge >= 0.3 is 0 Å². The SMILES string of the molecule is CC(=O)[C@@H]1[C@H]2C=C[C@@H](C2)C1(C)C. The molecule has 0 radical (unpaired) electrons. The van der Waals surface area contributed by atoms with Gasteiger partial charge in [-0.1, -0.05) is 26.0 Å². The molecular weight excluding hydrogens is 148 g/mol. The zero-order valence-corrected chi connectivity index (χ0v) is 8.00. The molecule has 0 unspecified atom stereocenters. The smallest absolute Gasteiger partial charge is 0.134 e. The molecule has 66 valence electrons. The molecule has 2 aliphatic carbocycles. The summed E-state index contributed by atoms with van der Waals surface area (Å²) >= 11 is 0. The van der Waals surface area contributed by atoms with Gasteiger partial charge in [-0.25, -0.2) is 0 Å². The Morgan fingerprint density at radius 1 is 1.42 bits per heavy atom. The van der Waals surface area contributed by atoms with Crippen LogP contribution in [0.4, 0.5) is 0 Å². The van der Waals surface area contributed by atoms with E-state index in [0.29, 0.717) is 17.6 Å². The molecule has 0 saturated heterocycles. The first-order valence-electron chi connectivity index (χ1n) is 4.72. The number of allylic oxidation sites excluding steroid dienone is 2. The quantitative estimate of drug-likeness (QED) is 0.544. The summed E-state index contributed by atoms with van der Waals surface area (Å²) in [5, 5.41) is 0. The van der Waals surface area contributed by atoms with Crippen molar-refractivity contribution in [2.24, 2.45) is 23.2 Å². The van der Waals surface area contributed by atoms with E-state index in [1.165, 1.54) is 6.42 Å². The second-order valence-corrected chi connectivity index (χ2v) is 4.80. The van der Waals surface area contributed by atoms with Crippen molar-refractivity contribution in [1.82, 2.24) is 0 Å². The molecule has 0 aromatic rings. The van der Waals surface area contributed by atoms with Gasteiger partial charge in [0.05, 0.1) is 0 Å². The number of rotatable bonds is 1. The van der Waals surface area contributed by atoms with Crippen LogP contribution in [0.25, 0.3) is 0 Å². The van der Waals surface area contributed by atoms with Crippen LogP contribution in [0.3, 0.4) is 0 Å². The molecule has 0 amide bonds. The maximum absolute atomic E-state index is 11.4. The number of carbonyl (C=O) groups excluding carboxylic acids is 1. The van der Waals surface area contributed by atoms with Crippen LogP contribution < -0.4 is 0 Å². The van der Waals surface area contributed by atoms with Gasteiger partial charge in [0.2, 0.25) is 0 Å². The van der Waals surface area contributed by atoms with Gasteiger partial charge in [-0.3, -0.25) is 4.79 Å². The van der Waals surface area contributed by atoms with Crippen LogP contribution in [0.15, 0.2) is 12.2 Å². The van der Waals surface area contributed by atoms with Gasteiger partial charge in [-0.15, -0.1) is 0 Å². The van der Waals surface area contributed by atoms with Crippen molar-refractivity contribution >= 4 is 5.78 Å². The average molecular weight is 164 g/mol. The number of hydrogen-bond acceptors (Lipinski definition) is 1. The largest absolute Gasteiger partial charge is 0.300 e. The number of fused-ring (bicyclic) bond motifs is 2. The molecule has 0 spiro atoms. The highest BCUT2D eigenvalue weighted by atomic mass is 16.1. The van der Waals surface area contributed by atoms with Crippen LogP contribution >= 0.6 is 0 Å². The van der Waals surface area contributed by atoms with Crippen LogP contribution in [-0.4, -0.2) is 5.78 Å². The van der Waals surface area contributed by atoms with Gasteiger partial charge in [-0.2, -0.15) is 0 Å². The topological polar surface area (TPSA) is 17.1 Å². The lowest BCUT2D eigenvalue weighted by atomic mass is 9.70. The second-order valence-electron chi connectivity index (χ2n) is 4.80. The molecule has 12 heavy (non-hydrogen) atoms. The summed E-state index contributed by atoms with van der Waals surface area (Å²) in [6, 6.07) is 0. The lowest BCUT2D eigenvalue weighted by Gasteiger charge is -2.33. The number of ketones is 1. The third kappa shape index (κ3) is 0.825. The van der Waals surface area contributed by atoms with E-state index in [1.807, 2.05) is 0 Å². The first-order valence-corrected chi connectivity index (χ1v) is 4.72. The van der Waals surface area contributed by atoms with Crippen LogP contribution in [0.2, 0.25) is 0 Å². The summed E-state index contributed by atoms with van der Waals surface area (Å²) in [6.45, 7) is 6.20. The molecule has 1 nitrogen and oxygen atoms in total. The fourth-order valence-electron chi connectivity index (χ4n) is 3.13. The lowest BCUT2D eigenvalue weighted by molar-refractivity contribution is -0.124.